The van der Waals surface area contributed by atoms with Gasteiger partial charge in [-0.05, 0) is 62.7 Å². The first kappa shape index (κ1) is 12.2. The fourth-order valence-corrected chi connectivity index (χ4v) is 5.31. The van der Waals surface area contributed by atoms with Crippen molar-refractivity contribution >= 4 is 5.91 Å². The van der Waals surface area contributed by atoms with Crippen LogP contribution in [0.3, 0.4) is 0 Å². The number of nitrogens with one attached hydrogen (secondary N) is 2. The fourth-order valence-electron chi connectivity index (χ4n) is 5.31. The second-order valence-electron chi connectivity index (χ2n) is 7.39. The Kier molecular flexibility index (Phi) is 2.87. The molecule has 0 aromatic carbocycles. The number of hydrogen-bond acceptors (Lipinski definition) is 2. The normalized spacial score (nSPS) is 45.2. The predicted molar refractivity (Wildman–Crippen MR) is 74.6 cm³/mol. The molecule has 0 saturated heterocycles. The third kappa shape index (κ3) is 2.01. The van der Waals surface area contributed by atoms with Gasteiger partial charge in [0.05, 0.1) is 6.04 Å². The summed E-state index contributed by atoms with van der Waals surface area (Å²) in [7, 11) is 0. The van der Waals surface area contributed by atoms with Crippen LogP contribution < -0.4 is 10.6 Å². The zero-order valence-corrected chi connectivity index (χ0v) is 11.9. The van der Waals surface area contributed by atoms with E-state index in [2.05, 4.69) is 10.6 Å². The zero-order valence-electron chi connectivity index (χ0n) is 11.9. The summed E-state index contributed by atoms with van der Waals surface area (Å²) in [5.74, 6) is 4.03. The van der Waals surface area contributed by atoms with Crippen molar-refractivity contribution in [2.45, 2.75) is 70.0 Å². The highest BCUT2D eigenvalue weighted by Gasteiger charge is 2.65. The second-order valence-corrected chi connectivity index (χ2v) is 7.39. The lowest BCUT2D eigenvalue weighted by Gasteiger charge is -2.19. The highest BCUT2D eigenvalue weighted by Crippen LogP contribution is 2.65. The van der Waals surface area contributed by atoms with Gasteiger partial charge in [-0.15, -0.1) is 0 Å². The first-order chi connectivity index (χ1) is 9.24. The minimum absolute atomic E-state index is 0.00407. The van der Waals surface area contributed by atoms with Crippen LogP contribution in [0.2, 0.25) is 0 Å². The molecule has 5 unspecified atom stereocenters. The van der Waals surface area contributed by atoms with Gasteiger partial charge in [-0.3, -0.25) is 4.79 Å². The molecule has 1 amide bonds. The molecule has 106 valence electrons. The minimum Gasteiger partial charge on any atom is -0.352 e. The molecule has 4 saturated carbocycles. The quantitative estimate of drug-likeness (QED) is 0.814. The third-order valence-corrected chi connectivity index (χ3v) is 6.27. The van der Waals surface area contributed by atoms with E-state index in [1.165, 1.54) is 44.9 Å². The van der Waals surface area contributed by atoms with E-state index in [9.17, 15) is 4.79 Å². The molecule has 0 aromatic rings. The van der Waals surface area contributed by atoms with Gasteiger partial charge in [0.2, 0.25) is 5.91 Å². The molecule has 0 aromatic heterocycles. The van der Waals surface area contributed by atoms with Gasteiger partial charge in [0.1, 0.15) is 0 Å². The summed E-state index contributed by atoms with van der Waals surface area (Å²) >= 11 is 0. The van der Waals surface area contributed by atoms with Gasteiger partial charge in [-0.2, -0.15) is 0 Å². The number of fused-ring (bicyclic) bond motifs is 5. The lowest BCUT2D eigenvalue weighted by Crippen LogP contribution is -2.47. The van der Waals surface area contributed by atoms with Gasteiger partial charge in [-0.1, -0.05) is 12.8 Å². The van der Waals surface area contributed by atoms with E-state index in [4.69, 9.17) is 0 Å². The van der Waals surface area contributed by atoms with E-state index in [1.807, 2.05) is 6.92 Å². The topological polar surface area (TPSA) is 41.1 Å². The van der Waals surface area contributed by atoms with Crippen LogP contribution in [0.4, 0.5) is 0 Å². The largest absolute Gasteiger partial charge is 0.352 e. The summed E-state index contributed by atoms with van der Waals surface area (Å²) < 4.78 is 0. The lowest BCUT2D eigenvalue weighted by atomic mass is 10.0. The Hall–Kier alpha value is -0.570. The molecule has 4 aliphatic rings. The molecule has 2 bridgehead atoms. The Labute approximate surface area is 115 Å². The zero-order chi connectivity index (χ0) is 13.0. The van der Waals surface area contributed by atoms with Gasteiger partial charge in [0.25, 0.3) is 0 Å². The van der Waals surface area contributed by atoms with Crippen molar-refractivity contribution in [2.24, 2.45) is 23.7 Å². The van der Waals surface area contributed by atoms with Gasteiger partial charge < -0.3 is 10.6 Å². The Bertz CT molecular complexity index is 361. The van der Waals surface area contributed by atoms with Crippen LogP contribution in [0.5, 0.6) is 0 Å². The van der Waals surface area contributed by atoms with E-state index in [-0.39, 0.29) is 11.9 Å². The van der Waals surface area contributed by atoms with Crippen molar-refractivity contribution < 1.29 is 4.79 Å². The summed E-state index contributed by atoms with van der Waals surface area (Å²) in [6.07, 6.45) is 9.30. The maximum atomic E-state index is 12.2. The smallest absolute Gasteiger partial charge is 0.237 e. The number of carbonyl (C=O) groups excluding carboxylic acids is 1. The molecule has 0 heterocycles. The molecule has 3 nitrogen and oxygen atoms in total. The SMILES string of the molecule is CC(NC1C2C3CCC(C3)C12)C(=O)NC1CCCC1. The van der Waals surface area contributed by atoms with Crippen LogP contribution in [-0.2, 0) is 4.79 Å². The van der Waals surface area contributed by atoms with Crippen LogP contribution in [0.15, 0.2) is 0 Å². The molecule has 0 radical (unpaired) electrons. The molecule has 4 rings (SSSR count). The van der Waals surface area contributed by atoms with Crippen LogP contribution in [0.25, 0.3) is 0 Å². The number of hydrogen-bond donors (Lipinski definition) is 2. The second kappa shape index (κ2) is 4.47. The average Bonchev–Trinajstić information content (AvgIpc) is 2.87. The van der Waals surface area contributed by atoms with Crippen LogP contribution in [0, 0.1) is 23.7 Å². The molecule has 0 aliphatic heterocycles. The van der Waals surface area contributed by atoms with Crippen LogP contribution in [0.1, 0.15) is 51.9 Å². The van der Waals surface area contributed by atoms with E-state index in [1.54, 1.807) is 0 Å². The number of carbonyl (C=O) groups is 1. The fraction of sp³-hybridized carbons (Fsp3) is 0.938. The van der Waals surface area contributed by atoms with Crippen LogP contribution in [-0.4, -0.2) is 24.0 Å². The highest BCUT2D eigenvalue weighted by atomic mass is 16.2. The number of rotatable bonds is 4. The molecular weight excluding hydrogens is 236 g/mol. The molecule has 4 aliphatic carbocycles. The summed E-state index contributed by atoms with van der Waals surface area (Å²) in [5.41, 5.74) is 0. The number of amides is 1. The van der Waals surface area contributed by atoms with Crippen molar-refractivity contribution in [3.63, 3.8) is 0 Å². The first-order valence-electron chi connectivity index (χ1n) is 8.30. The van der Waals surface area contributed by atoms with Gasteiger partial charge >= 0.3 is 0 Å². The standard InChI is InChI=1S/C16H26N2O/c1-9(16(19)18-12-4-2-3-5-12)17-15-13-10-6-7-11(8-10)14(13)15/h9-15,17H,2-8H2,1H3,(H,18,19). The van der Waals surface area contributed by atoms with E-state index < -0.39 is 0 Å². The maximum Gasteiger partial charge on any atom is 0.237 e. The Morgan fingerprint density at radius 2 is 1.68 bits per heavy atom. The van der Waals surface area contributed by atoms with Gasteiger partial charge in [-0.25, -0.2) is 0 Å². The molecule has 2 N–H and O–H groups in total. The monoisotopic (exact) mass is 262 g/mol. The average molecular weight is 262 g/mol. The van der Waals surface area contributed by atoms with Crippen molar-refractivity contribution in [3.8, 4) is 0 Å². The summed E-state index contributed by atoms with van der Waals surface area (Å²) in [5, 5.41) is 6.83. The summed E-state index contributed by atoms with van der Waals surface area (Å²) in [4.78, 5) is 12.2. The van der Waals surface area contributed by atoms with Crippen molar-refractivity contribution in [1.29, 1.82) is 0 Å². The molecule has 5 atom stereocenters. The Morgan fingerprint density at radius 3 is 2.32 bits per heavy atom. The van der Waals surface area contributed by atoms with Gasteiger partial charge in [0, 0.05) is 12.1 Å². The highest BCUT2D eigenvalue weighted by molar-refractivity contribution is 5.81. The molecule has 19 heavy (non-hydrogen) atoms. The Morgan fingerprint density at radius 1 is 1.05 bits per heavy atom. The van der Waals surface area contributed by atoms with Gasteiger partial charge in [0.15, 0.2) is 0 Å². The van der Waals surface area contributed by atoms with Crippen molar-refractivity contribution in [2.75, 3.05) is 0 Å². The summed E-state index contributed by atoms with van der Waals surface area (Å²) in [6, 6.07) is 1.11. The molecule has 0 spiro atoms. The predicted octanol–water partition coefficient (Wildman–Crippen LogP) is 2.07. The third-order valence-electron chi connectivity index (χ3n) is 6.27. The maximum absolute atomic E-state index is 12.2. The lowest BCUT2D eigenvalue weighted by molar-refractivity contribution is -0.123. The van der Waals surface area contributed by atoms with Crippen LogP contribution >= 0.6 is 0 Å². The Balaban J connectivity index is 1.28. The molecule has 4 fully saturated rings. The summed E-state index contributed by atoms with van der Waals surface area (Å²) in [6.45, 7) is 2.04. The molecule has 3 heteroatoms. The van der Waals surface area contributed by atoms with E-state index in [0.29, 0.717) is 12.1 Å². The van der Waals surface area contributed by atoms with E-state index in [0.717, 1.165) is 23.7 Å². The first-order valence-corrected chi connectivity index (χ1v) is 8.30. The van der Waals surface area contributed by atoms with Crippen molar-refractivity contribution in [3.05, 3.63) is 0 Å². The van der Waals surface area contributed by atoms with Crippen molar-refractivity contribution in [1.82, 2.24) is 10.6 Å². The molecular formula is C16H26N2O. The minimum atomic E-state index is -0.00407. The van der Waals surface area contributed by atoms with E-state index >= 15 is 0 Å².